The Morgan fingerprint density at radius 3 is 3.04 bits per heavy atom. The van der Waals surface area contributed by atoms with Crippen molar-refractivity contribution in [3.63, 3.8) is 0 Å². The first-order chi connectivity index (χ1) is 10.8. The number of anilines is 2. The first kappa shape index (κ1) is 15.8. The highest BCUT2D eigenvalue weighted by molar-refractivity contribution is 7.08. The highest BCUT2D eigenvalue weighted by atomic mass is 35.5. The summed E-state index contributed by atoms with van der Waals surface area (Å²) in [7, 11) is 0. The van der Waals surface area contributed by atoms with Gasteiger partial charge in [0.1, 0.15) is 0 Å². The maximum absolute atomic E-state index is 6.09. The van der Waals surface area contributed by atoms with E-state index in [0.29, 0.717) is 18.3 Å². The largest absolute Gasteiger partial charge is 0.398 e. The van der Waals surface area contributed by atoms with E-state index < -0.39 is 0 Å². The van der Waals surface area contributed by atoms with Gasteiger partial charge in [-0.1, -0.05) is 11.2 Å². The molecule has 23 heavy (non-hydrogen) atoms. The Morgan fingerprint density at radius 1 is 1.30 bits per heavy atom. The Bertz CT molecular complexity index is 787. The van der Waals surface area contributed by atoms with E-state index in [0.717, 1.165) is 30.6 Å². The molecule has 0 bridgehead atoms. The van der Waals surface area contributed by atoms with Crippen LogP contribution in [0.3, 0.4) is 0 Å². The fourth-order valence-corrected chi connectivity index (χ4v) is 3.52. The molecule has 4 rings (SSSR count). The normalized spacial score (nSPS) is 13.5. The molecule has 1 aliphatic heterocycles. The Hall–Kier alpha value is -2.05. The van der Waals surface area contributed by atoms with Crippen molar-refractivity contribution in [3.05, 3.63) is 46.5 Å². The van der Waals surface area contributed by atoms with Crippen LogP contribution in [0, 0.1) is 0 Å². The second-order valence-corrected chi connectivity index (χ2v) is 6.17. The van der Waals surface area contributed by atoms with E-state index in [1.165, 1.54) is 11.3 Å². The highest BCUT2D eigenvalue weighted by Gasteiger charge is 2.21. The van der Waals surface area contributed by atoms with Gasteiger partial charge in [-0.25, -0.2) is 0 Å². The third-order valence-electron chi connectivity index (χ3n) is 3.96. The van der Waals surface area contributed by atoms with Gasteiger partial charge in [0.15, 0.2) is 0 Å². The lowest BCUT2D eigenvalue weighted by Crippen LogP contribution is -2.29. The minimum atomic E-state index is 0. The summed E-state index contributed by atoms with van der Waals surface area (Å²) in [5.41, 5.74) is 10.4. The standard InChI is InChI=1S/C16H16N4OS.ClH/c17-13-4-1-5-14-12(13)3-2-7-20(14)9-15-18-16(19-21-15)11-6-8-22-10-11;/h1,4-6,8,10H,2-3,7,9,17H2;1H. The second-order valence-electron chi connectivity index (χ2n) is 5.39. The molecule has 1 aliphatic rings. The number of nitrogens with two attached hydrogens (primary N) is 1. The maximum Gasteiger partial charge on any atom is 0.246 e. The monoisotopic (exact) mass is 348 g/mol. The number of fused-ring (bicyclic) bond motifs is 1. The fourth-order valence-electron chi connectivity index (χ4n) is 2.88. The van der Waals surface area contributed by atoms with Crippen LogP contribution in [-0.2, 0) is 13.0 Å². The number of benzene rings is 1. The minimum Gasteiger partial charge on any atom is -0.398 e. The summed E-state index contributed by atoms with van der Waals surface area (Å²) in [5.74, 6) is 1.29. The van der Waals surface area contributed by atoms with Crippen molar-refractivity contribution in [1.82, 2.24) is 10.1 Å². The number of nitrogen functional groups attached to an aromatic ring is 1. The quantitative estimate of drug-likeness (QED) is 0.730. The first-order valence-electron chi connectivity index (χ1n) is 7.29. The van der Waals surface area contributed by atoms with Crippen molar-refractivity contribution in [2.24, 2.45) is 0 Å². The van der Waals surface area contributed by atoms with Gasteiger partial charge in [0.05, 0.1) is 6.54 Å². The van der Waals surface area contributed by atoms with Crippen LogP contribution in [0.2, 0.25) is 0 Å². The fraction of sp³-hybridized carbons (Fsp3) is 0.250. The molecular weight excluding hydrogens is 332 g/mol. The van der Waals surface area contributed by atoms with Crippen LogP contribution >= 0.6 is 23.7 Å². The predicted octanol–water partition coefficient (Wildman–Crippen LogP) is 3.75. The predicted molar refractivity (Wildman–Crippen MR) is 95.1 cm³/mol. The van der Waals surface area contributed by atoms with Gasteiger partial charge in [0.2, 0.25) is 11.7 Å². The van der Waals surface area contributed by atoms with E-state index in [-0.39, 0.29) is 12.4 Å². The van der Waals surface area contributed by atoms with Crippen LogP contribution in [0.5, 0.6) is 0 Å². The summed E-state index contributed by atoms with van der Waals surface area (Å²) < 4.78 is 5.41. The summed E-state index contributed by atoms with van der Waals surface area (Å²) >= 11 is 1.63. The summed E-state index contributed by atoms with van der Waals surface area (Å²) in [5, 5.41) is 8.10. The van der Waals surface area contributed by atoms with Crippen molar-refractivity contribution < 1.29 is 4.52 Å². The zero-order valence-electron chi connectivity index (χ0n) is 12.4. The molecule has 3 heterocycles. The van der Waals surface area contributed by atoms with Gasteiger partial charge in [0.25, 0.3) is 0 Å². The molecular formula is C16H17ClN4OS. The van der Waals surface area contributed by atoms with E-state index in [1.54, 1.807) is 11.3 Å². The summed E-state index contributed by atoms with van der Waals surface area (Å²) in [6.45, 7) is 1.60. The van der Waals surface area contributed by atoms with E-state index in [2.05, 4.69) is 21.1 Å². The lowest BCUT2D eigenvalue weighted by molar-refractivity contribution is 0.375. The van der Waals surface area contributed by atoms with Gasteiger partial charge in [-0.05, 0) is 42.0 Å². The van der Waals surface area contributed by atoms with E-state index in [4.69, 9.17) is 10.3 Å². The number of hydrogen-bond donors (Lipinski definition) is 1. The summed E-state index contributed by atoms with van der Waals surface area (Å²) in [6, 6.07) is 8.07. The molecule has 0 aliphatic carbocycles. The SMILES string of the molecule is Cl.Nc1cccc2c1CCCN2Cc1nc(-c2ccsc2)no1. The van der Waals surface area contributed by atoms with Crippen LogP contribution in [0.25, 0.3) is 11.4 Å². The maximum atomic E-state index is 6.09. The summed E-state index contributed by atoms with van der Waals surface area (Å²) in [4.78, 5) is 6.76. The Morgan fingerprint density at radius 2 is 2.22 bits per heavy atom. The van der Waals surface area contributed by atoms with Gasteiger partial charge < -0.3 is 15.2 Å². The molecule has 0 saturated heterocycles. The van der Waals surface area contributed by atoms with E-state index in [1.807, 2.05) is 29.0 Å². The molecule has 0 atom stereocenters. The lowest BCUT2D eigenvalue weighted by Gasteiger charge is -2.30. The van der Waals surface area contributed by atoms with Crippen molar-refractivity contribution in [3.8, 4) is 11.4 Å². The molecule has 0 saturated carbocycles. The smallest absolute Gasteiger partial charge is 0.246 e. The molecule has 5 nitrogen and oxygen atoms in total. The molecule has 0 unspecified atom stereocenters. The van der Waals surface area contributed by atoms with Crippen LogP contribution < -0.4 is 10.6 Å². The molecule has 1 aromatic carbocycles. The third kappa shape index (κ3) is 3.04. The number of rotatable bonds is 3. The average molecular weight is 349 g/mol. The number of hydrogen-bond acceptors (Lipinski definition) is 6. The van der Waals surface area contributed by atoms with Crippen LogP contribution in [0.15, 0.2) is 39.5 Å². The molecule has 0 spiro atoms. The molecule has 0 fully saturated rings. The van der Waals surface area contributed by atoms with Crippen molar-refractivity contribution in [1.29, 1.82) is 0 Å². The summed E-state index contributed by atoms with van der Waals surface area (Å²) in [6.07, 6.45) is 2.12. The first-order valence-corrected chi connectivity index (χ1v) is 8.23. The van der Waals surface area contributed by atoms with Crippen LogP contribution in [0.1, 0.15) is 17.9 Å². The van der Waals surface area contributed by atoms with Gasteiger partial charge in [-0.3, -0.25) is 0 Å². The minimum absolute atomic E-state index is 0. The van der Waals surface area contributed by atoms with Crippen molar-refractivity contribution in [2.75, 3.05) is 17.2 Å². The Kier molecular flexibility index (Phi) is 4.54. The Labute approximate surface area is 144 Å². The van der Waals surface area contributed by atoms with Crippen LogP contribution in [-0.4, -0.2) is 16.7 Å². The molecule has 0 amide bonds. The average Bonchev–Trinajstić information content (AvgIpc) is 3.19. The number of halogens is 1. The second kappa shape index (κ2) is 6.60. The molecule has 120 valence electrons. The van der Waals surface area contributed by atoms with Crippen LogP contribution in [0.4, 0.5) is 11.4 Å². The molecule has 2 aromatic heterocycles. The third-order valence-corrected chi connectivity index (χ3v) is 4.64. The number of nitrogens with zero attached hydrogens (tertiary/aromatic N) is 3. The topological polar surface area (TPSA) is 68.2 Å². The van der Waals surface area contributed by atoms with Crippen molar-refractivity contribution >= 4 is 35.1 Å². The number of thiophene rings is 1. The molecule has 3 aromatic rings. The van der Waals surface area contributed by atoms with E-state index >= 15 is 0 Å². The van der Waals surface area contributed by atoms with Gasteiger partial charge in [-0.2, -0.15) is 16.3 Å². The number of aromatic nitrogens is 2. The zero-order valence-corrected chi connectivity index (χ0v) is 14.1. The van der Waals surface area contributed by atoms with E-state index in [9.17, 15) is 0 Å². The lowest BCUT2D eigenvalue weighted by atomic mass is 10.00. The van der Waals surface area contributed by atoms with Gasteiger partial charge >= 0.3 is 0 Å². The molecule has 7 heteroatoms. The van der Waals surface area contributed by atoms with Crippen molar-refractivity contribution in [2.45, 2.75) is 19.4 Å². The molecule has 0 radical (unpaired) electrons. The highest BCUT2D eigenvalue weighted by Crippen LogP contribution is 2.32. The van der Waals surface area contributed by atoms with Gasteiger partial charge in [0, 0.05) is 28.9 Å². The Balaban J connectivity index is 0.00000156. The van der Waals surface area contributed by atoms with Gasteiger partial charge in [-0.15, -0.1) is 12.4 Å². The zero-order chi connectivity index (χ0) is 14.9. The molecule has 2 N–H and O–H groups in total.